The van der Waals surface area contributed by atoms with E-state index in [0.717, 1.165) is 35.1 Å². The van der Waals surface area contributed by atoms with Crippen LogP contribution in [0.25, 0.3) is 0 Å². The van der Waals surface area contributed by atoms with Crippen molar-refractivity contribution in [2.24, 2.45) is 7.05 Å². The molecule has 0 aliphatic carbocycles. The molecule has 0 aliphatic rings. The van der Waals surface area contributed by atoms with Crippen molar-refractivity contribution >= 4 is 11.8 Å². The van der Waals surface area contributed by atoms with Crippen LogP contribution in [0.15, 0.2) is 34.2 Å². The molecule has 0 saturated carbocycles. The van der Waals surface area contributed by atoms with Gasteiger partial charge in [-0.15, -0.1) is 0 Å². The molecule has 0 fully saturated rings. The summed E-state index contributed by atoms with van der Waals surface area (Å²) in [4.78, 5) is 1.02. The maximum absolute atomic E-state index is 13.0. The zero-order chi connectivity index (χ0) is 14.5. The van der Waals surface area contributed by atoms with Gasteiger partial charge in [-0.3, -0.25) is 4.68 Å². The first kappa shape index (κ1) is 15.1. The van der Waals surface area contributed by atoms with Gasteiger partial charge in [0.05, 0.1) is 5.69 Å². The highest BCUT2D eigenvalue weighted by Gasteiger charge is 2.14. The van der Waals surface area contributed by atoms with Gasteiger partial charge < -0.3 is 5.32 Å². The van der Waals surface area contributed by atoms with E-state index in [1.165, 1.54) is 17.7 Å². The molecule has 2 aromatic rings. The van der Waals surface area contributed by atoms with E-state index < -0.39 is 0 Å². The molecule has 0 bridgehead atoms. The van der Waals surface area contributed by atoms with Gasteiger partial charge in [-0.25, -0.2) is 4.39 Å². The van der Waals surface area contributed by atoms with Crippen LogP contribution in [-0.2, 0) is 13.6 Å². The summed E-state index contributed by atoms with van der Waals surface area (Å²) in [6, 6.07) is 6.57. The summed E-state index contributed by atoms with van der Waals surface area (Å²) in [5.74, 6) is -0.208. The van der Waals surface area contributed by atoms with E-state index in [4.69, 9.17) is 0 Å². The zero-order valence-corrected chi connectivity index (χ0v) is 12.9. The second-order valence-electron chi connectivity index (χ2n) is 4.73. The molecule has 0 spiro atoms. The summed E-state index contributed by atoms with van der Waals surface area (Å²) in [5.41, 5.74) is 2.26. The lowest BCUT2D eigenvalue weighted by Crippen LogP contribution is -2.14. The number of hydrogen-bond donors (Lipinski definition) is 1. The lowest BCUT2D eigenvalue weighted by Gasteiger charge is -2.07. The number of benzene rings is 1. The topological polar surface area (TPSA) is 29.9 Å². The number of halogens is 1. The van der Waals surface area contributed by atoms with Crippen LogP contribution < -0.4 is 5.32 Å². The van der Waals surface area contributed by atoms with Crippen molar-refractivity contribution in [1.82, 2.24) is 15.1 Å². The number of aryl methyl sites for hydroxylation is 2. The fraction of sp³-hybridized carbons (Fsp3) is 0.400. The monoisotopic (exact) mass is 293 g/mol. The van der Waals surface area contributed by atoms with E-state index in [9.17, 15) is 4.39 Å². The Morgan fingerprint density at radius 3 is 2.65 bits per heavy atom. The number of hydrogen-bond acceptors (Lipinski definition) is 3. The van der Waals surface area contributed by atoms with Gasteiger partial charge in [0.2, 0.25) is 0 Å². The molecular formula is C15H20FN3S. The van der Waals surface area contributed by atoms with Crippen LogP contribution in [0.2, 0.25) is 0 Å². The lowest BCUT2D eigenvalue weighted by molar-refractivity contribution is 0.626. The first-order valence-corrected chi connectivity index (χ1v) is 7.60. The average molecular weight is 293 g/mol. The summed E-state index contributed by atoms with van der Waals surface area (Å²) >= 11 is 1.62. The van der Waals surface area contributed by atoms with Crippen molar-refractivity contribution in [2.45, 2.75) is 36.7 Å². The predicted molar refractivity (Wildman–Crippen MR) is 80.5 cm³/mol. The Labute approximate surface area is 123 Å². The molecule has 0 amide bonds. The molecular weight excluding hydrogens is 273 g/mol. The third-order valence-electron chi connectivity index (χ3n) is 3.05. The Morgan fingerprint density at radius 1 is 1.30 bits per heavy atom. The summed E-state index contributed by atoms with van der Waals surface area (Å²) in [5, 5.41) is 9.01. The summed E-state index contributed by atoms with van der Waals surface area (Å²) in [6.07, 6.45) is 1.11. The molecule has 1 aromatic heterocycles. The molecule has 0 atom stereocenters. The van der Waals surface area contributed by atoms with Crippen molar-refractivity contribution in [3.05, 3.63) is 41.3 Å². The van der Waals surface area contributed by atoms with Gasteiger partial charge in [0, 0.05) is 24.1 Å². The van der Waals surface area contributed by atoms with Crippen molar-refractivity contribution < 1.29 is 4.39 Å². The van der Waals surface area contributed by atoms with Crippen LogP contribution in [0.1, 0.15) is 24.6 Å². The molecule has 1 heterocycles. The molecule has 0 aliphatic heterocycles. The molecule has 2 rings (SSSR count). The molecule has 1 N–H and O–H groups in total. The SMILES string of the molecule is CCCNCc1c(C)nn(C)c1Sc1ccc(F)cc1. The van der Waals surface area contributed by atoms with Gasteiger partial charge in [-0.2, -0.15) is 5.10 Å². The molecule has 5 heteroatoms. The largest absolute Gasteiger partial charge is 0.313 e. The van der Waals surface area contributed by atoms with Gasteiger partial charge in [-0.05, 0) is 44.2 Å². The molecule has 0 saturated heterocycles. The van der Waals surface area contributed by atoms with Crippen molar-refractivity contribution in [2.75, 3.05) is 6.54 Å². The number of aromatic nitrogens is 2. The minimum atomic E-state index is -0.208. The molecule has 1 aromatic carbocycles. The van der Waals surface area contributed by atoms with Gasteiger partial charge in [0.15, 0.2) is 0 Å². The molecule has 0 unspecified atom stereocenters. The quantitative estimate of drug-likeness (QED) is 0.827. The average Bonchev–Trinajstić information content (AvgIpc) is 2.68. The van der Waals surface area contributed by atoms with E-state index in [2.05, 4.69) is 17.3 Å². The molecule has 3 nitrogen and oxygen atoms in total. The van der Waals surface area contributed by atoms with Crippen molar-refractivity contribution in [1.29, 1.82) is 0 Å². The number of rotatable bonds is 6. The zero-order valence-electron chi connectivity index (χ0n) is 12.1. The Bertz CT molecular complexity index is 563. The molecule has 20 heavy (non-hydrogen) atoms. The first-order chi connectivity index (χ1) is 9.61. The lowest BCUT2D eigenvalue weighted by atomic mass is 10.2. The van der Waals surface area contributed by atoms with E-state index in [1.54, 1.807) is 23.9 Å². The van der Waals surface area contributed by atoms with Gasteiger partial charge in [0.1, 0.15) is 10.8 Å². The highest BCUT2D eigenvalue weighted by molar-refractivity contribution is 7.99. The Morgan fingerprint density at radius 2 is 2.00 bits per heavy atom. The summed E-state index contributed by atoms with van der Waals surface area (Å²) in [6.45, 7) is 5.99. The van der Waals surface area contributed by atoms with Gasteiger partial charge in [-0.1, -0.05) is 18.7 Å². The first-order valence-electron chi connectivity index (χ1n) is 6.78. The van der Waals surface area contributed by atoms with E-state index in [1.807, 2.05) is 18.7 Å². The van der Waals surface area contributed by atoms with E-state index in [-0.39, 0.29) is 5.82 Å². The number of nitrogens with one attached hydrogen (secondary N) is 1. The van der Waals surface area contributed by atoms with E-state index >= 15 is 0 Å². The maximum Gasteiger partial charge on any atom is 0.123 e. The fourth-order valence-corrected chi connectivity index (χ4v) is 3.03. The third-order valence-corrected chi connectivity index (χ3v) is 4.26. The second kappa shape index (κ2) is 6.90. The van der Waals surface area contributed by atoms with Crippen LogP contribution in [0.4, 0.5) is 4.39 Å². The van der Waals surface area contributed by atoms with Crippen molar-refractivity contribution in [3.63, 3.8) is 0 Å². The van der Waals surface area contributed by atoms with Crippen molar-refractivity contribution in [3.8, 4) is 0 Å². The highest BCUT2D eigenvalue weighted by Crippen LogP contribution is 2.31. The smallest absolute Gasteiger partial charge is 0.123 e. The maximum atomic E-state index is 13.0. The van der Waals surface area contributed by atoms with Crippen LogP contribution in [0.5, 0.6) is 0 Å². The summed E-state index contributed by atoms with van der Waals surface area (Å²) < 4.78 is 14.9. The second-order valence-corrected chi connectivity index (χ2v) is 5.79. The van der Waals surface area contributed by atoms with E-state index in [0.29, 0.717) is 0 Å². The van der Waals surface area contributed by atoms with Crippen LogP contribution in [0.3, 0.4) is 0 Å². The van der Waals surface area contributed by atoms with Crippen LogP contribution in [-0.4, -0.2) is 16.3 Å². The molecule has 108 valence electrons. The Kier molecular flexibility index (Phi) is 5.20. The minimum Gasteiger partial charge on any atom is -0.313 e. The third kappa shape index (κ3) is 3.61. The predicted octanol–water partition coefficient (Wildman–Crippen LogP) is 3.52. The van der Waals surface area contributed by atoms with Gasteiger partial charge >= 0.3 is 0 Å². The Hall–Kier alpha value is -1.33. The fourth-order valence-electron chi connectivity index (χ4n) is 2.02. The van der Waals surface area contributed by atoms with Gasteiger partial charge in [0.25, 0.3) is 0 Å². The Balaban J connectivity index is 2.19. The van der Waals surface area contributed by atoms with Crippen LogP contribution >= 0.6 is 11.8 Å². The minimum absolute atomic E-state index is 0.208. The normalized spacial score (nSPS) is 11.0. The summed E-state index contributed by atoms with van der Waals surface area (Å²) in [7, 11) is 1.95. The number of nitrogens with zero attached hydrogens (tertiary/aromatic N) is 2. The highest BCUT2D eigenvalue weighted by atomic mass is 32.2. The van der Waals surface area contributed by atoms with Crippen LogP contribution in [0, 0.1) is 12.7 Å². The standard InChI is InChI=1S/C15H20FN3S/c1-4-9-17-10-14-11(2)18-19(3)15(14)20-13-7-5-12(16)6-8-13/h5-8,17H,4,9-10H2,1-3H3. The molecule has 0 radical (unpaired) electrons.